The van der Waals surface area contributed by atoms with E-state index in [1.165, 1.54) is 12.1 Å². The van der Waals surface area contributed by atoms with Crippen LogP contribution in [0.1, 0.15) is 44.5 Å². The number of sulfonamides is 1. The maximum atomic E-state index is 13.3. The van der Waals surface area contributed by atoms with Gasteiger partial charge < -0.3 is 10.6 Å². The number of halogens is 1. The number of rotatable bonds is 7. The number of amides is 2. The van der Waals surface area contributed by atoms with Gasteiger partial charge in [-0.2, -0.15) is 0 Å². The van der Waals surface area contributed by atoms with Crippen LogP contribution in [0.25, 0.3) is 0 Å². The van der Waals surface area contributed by atoms with Crippen LogP contribution in [-0.4, -0.2) is 38.1 Å². The molecule has 0 heterocycles. The Hall–Kier alpha value is -2.94. The third kappa shape index (κ3) is 6.52. The number of hydrogen-bond donors (Lipinski definition) is 2. The number of carbonyl (C=O) groups excluding carboxylic acids is 2. The van der Waals surface area contributed by atoms with E-state index in [-0.39, 0.29) is 29.3 Å². The number of para-hydroxylation sites is 1. The monoisotopic (exact) mass is 449 g/mol. The van der Waals surface area contributed by atoms with Gasteiger partial charge in [-0.25, -0.2) is 12.8 Å². The zero-order valence-electron chi connectivity index (χ0n) is 18.3. The molecule has 0 aliphatic heterocycles. The van der Waals surface area contributed by atoms with E-state index in [0.29, 0.717) is 0 Å². The number of anilines is 2. The van der Waals surface area contributed by atoms with Gasteiger partial charge in [-0.1, -0.05) is 19.1 Å². The van der Waals surface area contributed by atoms with Crippen LogP contribution < -0.4 is 14.9 Å². The Labute approximate surface area is 182 Å². The van der Waals surface area contributed by atoms with Crippen LogP contribution in [0.15, 0.2) is 48.5 Å². The minimum atomic E-state index is -3.86. The Morgan fingerprint density at radius 2 is 1.65 bits per heavy atom. The molecule has 9 heteroatoms. The first kappa shape index (κ1) is 24.3. The Bertz CT molecular complexity index is 1050. The molecule has 0 saturated carbocycles. The highest BCUT2D eigenvalue weighted by molar-refractivity contribution is 7.92. The van der Waals surface area contributed by atoms with Crippen molar-refractivity contribution in [3.63, 3.8) is 0 Å². The normalized spacial score (nSPS) is 12.7. The molecule has 7 nitrogen and oxygen atoms in total. The molecule has 0 unspecified atom stereocenters. The molecule has 0 aromatic heterocycles. The molecule has 0 spiro atoms. The van der Waals surface area contributed by atoms with Crippen LogP contribution in [0.2, 0.25) is 0 Å². The Balaban J connectivity index is 2.38. The Morgan fingerprint density at radius 1 is 1.06 bits per heavy atom. The standard InChI is InChI=1S/C22H28FN3O4S/c1-6-19(26(31(5,29)30)16-13-11-15(23)12-14-16)21(28)24-18-10-8-7-9-17(18)20(27)25-22(2,3)4/h7-14,19H,6H2,1-5H3,(H,24,28)(H,25,27)/t19-/m1/s1. The first-order valence-corrected chi connectivity index (χ1v) is 11.7. The molecule has 31 heavy (non-hydrogen) atoms. The SMILES string of the molecule is CC[C@H](C(=O)Nc1ccccc1C(=O)NC(C)(C)C)N(c1ccc(F)cc1)S(C)(=O)=O. The summed E-state index contributed by atoms with van der Waals surface area (Å²) >= 11 is 0. The van der Waals surface area contributed by atoms with E-state index in [1.807, 2.05) is 20.8 Å². The van der Waals surface area contributed by atoms with Crippen LogP contribution in [0, 0.1) is 5.82 Å². The number of nitrogens with zero attached hydrogens (tertiary/aromatic N) is 1. The molecular formula is C22H28FN3O4S. The fourth-order valence-electron chi connectivity index (χ4n) is 3.06. The molecule has 0 aliphatic rings. The van der Waals surface area contributed by atoms with E-state index in [9.17, 15) is 22.4 Å². The van der Waals surface area contributed by atoms with Crippen molar-refractivity contribution in [2.45, 2.75) is 45.7 Å². The topological polar surface area (TPSA) is 95.6 Å². The molecule has 0 radical (unpaired) electrons. The van der Waals surface area contributed by atoms with Crippen molar-refractivity contribution in [2.75, 3.05) is 15.9 Å². The summed E-state index contributed by atoms with van der Waals surface area (Å²) in [6, 6.07) is 10.3. The van der Waals surface area contributed by atoms with E-state index in [2.05, 4.69) is 10.6 Å². The van der Waals surface area contributed by atoms with Crippen LogP contribution in [0.3, 0.4) is 0 Å². The summed E-state index contributed by atoms with van der Waals surface area (Å²) in [7, 11) is -3.86. The smallest absolute Gasteiger partial charge is 0.253 e. The zero-order valence-corrected chi connectivity index (χ0v) is 19.1. The summed E-state index contributed by atoms with van der Waals surface area (Å²) < 4.78 is 39.3. The lowest BCUT2D eigenvalue weighted by Gasteiger charge is -2.30. The highest BCUT2D eigenvalue weighted by atomic mass is 32.2. The molecule has 2 amide bonds. The van der Waals surface area contributed by atoms with Crippen molar-refractivity contribution >= 4 is 33.2 Å². The zero-order chi connectivity index (χ0) is 23.4. The fourth-order valence-corrected chi connectivity index (χ4v) is 4.27. The van der Waals surface area contributed by atoms with E-state index in [4.69, 9.17) is 0 Å². The van der Waals surface area contributed by atoms with Gasteiger partial charge in [-0.05, 0) is 63.6 Å². The molecule has 2 N–H and O–H groups in total. The lowest BCUT2D eigenvalue weighted by molar-refractivity contribution is -0.117. The molecule has 0 saturated heterocycles. The van der Waals surface area contributed by atoms with Crippen LogP contribution in [0.5, 0.6) is 0 Å². The predicted octanol–water partition coefficient (Wildman–Crippen LogP) is 3.54. The van der Waals surface area contributed by atoms with Crippen molar-refractivity contribution < 1.29 is 22.4 Å². The second-order valence-electron chi connectivity index (χ2n) is 8.20. The third-order valence-electron chi connectivity index (χ3n) is 4.33. The van der Waals surface area contributed by atoms with Crippen LogP contribution in [0.4, 0.5) is 15.8 Å². The quantitative estimate of drug-likeness (QED) is 0.676. The summed E-state index contributed by atoms with van der Waals surface area (Å²) in [5, 5.41) is 5.52. The molecule has 1 atom stereocenters. The van der Waals surface area contributed by atoms with Gasteiger partial charge in [0.25, 0.3) is 5.91 Å². The summed E-state index contributed by atoms with van der Waals surface area (Å²) in [6.45, 7) is 7.19. The van der Waals surface area contributed by atoms with Crippen LogP contribution in [-0.2, 0) is 14.8 Å². The van der Waals surface area contributed by atoms with Gasteiger partial charge in [0.05, 0.1) is 23.2 Å². The Kier molecular flexibility index (Phi) is 7.43. The first-order chi connectivity index (χ1) is 14.3. The van der Waals surface area contributed by atoms with Crippen molar-refractivity contribution in [3.8, 4) is 0 Å². The summed E-state index contributed by atoms with van der Waals surface area (Å²) in [5.74, 6) is -1.49. The third-order valence-corrected chi connectivity index (χ3v) is 5.51. The lowest BCUT2D eigenvalue weighted by Crippen LogP contribution is -2.47. The van der Waals surface area contributed by atoms with Crippen molar-refractivity contribution in [1.29, 1.82) is 0 Å². The number of benzene rings is 2. The summed E-state index contributed by atoms with van der Waals surface area (Å²) in [5.41, 5.74) is 0.216. The van der Waals surface area contributed by atoms with E-state index in [1.54, 1.807) is 31.2 Å². The van der Waals surface area contributed by atoms with E-state index in [0.717, 1.165) is 22.7 Å². The van der Waals surface area contributed by atoms with Crippen molar-refractivity contribution in [1.82, 2.24) is 5.32 Å². The maximum absolute atomic E-state index is 13.3. The van der Waals surface area contributed by atoms with Gasteiger partial charge in [0.15, 0.2) is 0 Å². The molecule has 2 aromatic rings. The minimum Gasteiger partial charge on any atom is -0.347 e. The first-order valence-electron chi connectivity index (χ1n) is 9.81. The largest absolute Gasteiger partial charge is 0.347 e. The average molecular weight is 450 g/mol. The van der Waals surface area contributed by atoms with Gasteiger partial charge in [0.2, 0.25) is 15.9 Å². The molecule has 2 rings (SSSR count). The minimum absolute atomic E-state index is 0.159. The van der Waals surface area contributed by atoms with Gasteiger partial charge >= 0.3 is 0 Å². The second-order valence-corrected chi connectivity index (χ2v) is 10.1. The molecule has 0 bridgehead atoms. The molecule has 168 valence electrons. The van der Waals surface area contributed by atoms with Crippen molar-refractivity contribution in [2.24, 2.45) is 0 Å². The predicted molar refractivity (Wildman–Crippen MR) is 120 cm³/mol. The van der Waals surface area contributed by atoms with Gasteiger partial charge in [0, 0.05) is 5.54 Å². The average Bonchev–Trinajstić information content (AvgIpc) is 2.65. The van der Waals surface area contributed by atoms with Crippen molar-refractivity contribution in [3.05, 3.63) is 59.9 Å². The number of carbonyl (C=O) groups is 2. The molecule has 0 aliphatic carbocycles. The van der Waals surface area contributed by atoms with E-state index >= 15 is 0 Å². The molecular weight excluding hydrogens is 421 g/mol. The Morgan fingerprint density at radius 3 is 2.16 bits per heavy atom. The number of hydrogen-bond acceptors (Lipinski definition) is 4. The summed E-state index contributed by atoms with van der Waals surface area (Å²) in [4.78, 5) is 25.8. The second kappa shape index (κ2) is 9.47. The van der Waals surface area contributed by atoms with Gasteiger partial charge in [0.1, 0.15) is 11.9 Å². The molecule has 0 fully saturated rings. The lowest BCUT2D eigenvalue weighted by atomic mass is 10.1. The van der Waals surface area contributed by atoms with Crippen LogP contribution >= 0.6 is 0 Å². The van der Waals surface area contributed by atoms with Gasteiger partial charge in [-0.3, -0.25) is 13.9 Å². The molecule has 2 aromatic carbocycles. The fraction of sp³-hybridized carbons (Fsp3) is 0.364. The maximum Gasteiger partial charge on any atom is 0.253 e. The highest BCUT2D eigenvalue weighted by Crippen LogP contribution is 2.24. The highest BCUT2D eigenvalue weighted by Gasteiger charge is 2.32. The van der Waals surface area contributed by atoms with Gasteiger partial charge in [-0.15, -0.1) is 0 Å². The number of nitrogens with one attached hydrogen (secondary N) is 2. The summed E-state index contributed by atoms with van der Waals surface area (Å²) in [6.07, 6.45) is 1.14. The van der Waals surface area contributed by atoms with E-state index < -0.39 is 33.3 Å².